The lowest BCUT2D eigenvalue weighted by molar-refractivity contribution is 0.171. The van der Waals surface area contributed by atoms with E-state index in [1.54, 1.807) is 0 Å². The second-order valence-electron chi connectivity index (χ2n) is 4.15. The fourth-order valence-corrected chi connectivity index (χ4v) is 1.90. The van der Waals surface area contributed by atoms with Crippen LogP contribution in [0.5, 0.6) is 0 Å². The summed E-state index contributed by atoms with van der Waals surface area (Å²) >= 11 is 0. The molecule has 71 valence electrons. The van der Waals surface area contributed by atoms with Gasteiger partial charge in [-0.3, -0.25) is 0 Å². The van der Waals surface area contributed by atoms with Crippen molar-refractivity contribution in [2.45, 2.75) is 26.7 Å². The van der Waals surface area contributed by atoms with Gasteiger partial charge in [-0.15, -0.1) is 0 Å². The van der Waals surface area contributed by atoms with E-state index >= 15 is 0 Å². The second-order valence-corrected chi connectivity index (χ2v) is 4.15. The highest BCUT2D eigenvalue weighted by Gasteiger charge is 2.23. The monoisotopic (exact) mass is 170 g/mol. The average Bonchev–Trinajstić information content (AvgIpc) is 2.48. The number of rotatable bonds is 4. The van der Waals surface area contributed by atoms with Gasteiger partial charge in [-0.05, 0) is 31.2 Å². The maximum Gasteiger partial charge on any atom is 0.0834 e. The lowest BCUT2D eigenvalue weighted by Gasteiger charge is -2.16. The molecule has 1 heterocycles. The van der Waals surface area contributed by atoms with Gasteiger partial charge in [0, 0.05) is 13.1 Å². The smallest absolute Gasteiger partial charge is 0.0834 e. The van der Waals surface area contributed by atoms with Gasteiger partial charge in [-0.25, -0.2) is 5.11 Å². The highest BCUT2D eigenvalue weighted by molar-refractivity contribution is 4.77. The zero-order valence-electron chi connectivity index (χ0n) is 8.25. The zero-order chi connectivity index (χ0) is 8.97. The van der Waals surface area contributed by atoms with Crippen LogP contribution in [0, 0.1) is 11.8 Å². The van der Waals surface area contributed by atoms with Crippen molar-refractivity contribution >= 4 is 0 Å². The van der Waals surface area contributed by atoms with Crippen molar-refractivity contribution in [1.82, 2.24) is 4.90 Å². The van der Waals surface area contributed by atoms with E-state index in [2.05, 4.69) is 18.7 Å². The Morgan fingerprint density at radius 2 is 2.25 bits per heavy atom. The molecule has 1 saturated heterocycles. The summed E-state index contributed by atoms with van der Waals surface area (Å²) in [5.74, 6) is 1.68. The van der Waals surface area contributed by atoms with Crippen LogP contribution in [0.4, 0.5) is 0 Å². The molecule has 0 N–H and O–H groups in total. The molecule has 0 spiro atoms. The molecular formula is C10H20NO. The lowest BCUT2D eigenvalue weighted by atomic mass is 9.95. The first-order valence-electron chi connectivity index (χ1n) is 5.04. The van der Waals surface area contributed by atoms with Gasteiger partial charge in [0.05, 0.1) is 6.61 Å². The van der Waals surface area contributed by atoms with E-state index in [4.69, 9.17) is 0 Å². The molecule has 1 radical (unpaired) electrons. The number of nitrogens with zero attached hydrogens (tertiary/aromatic N) is 1. The molecule has 2 heteroatoms. The summed E-state index contributed by atoms with van der Waals surface area (Å²) in [4.78, 5) is 2.43. The van der Waals surface area contributed by atoms with Gasteiger partial charge in [0.2, 0.25) is 0 Å². The van der Waals surface area contributed by atoms with Crippen LogP contribution in [0.1, 0.15) is 26.7 Å². The highest BCUT2D eigenvalue weighted by Crippen LogP contribution is 2.23. The van der Waals surface area contributed by atoms with Crippen LogP contribution >= 0.6 is 0 Å². The third kappa shape index (κ3) is 2.76. The van der Waals surface area contributed by atoms with Crippen LogP contribution in [-0.2, 0) is 5.11 Å². The maximum absolute atomic E-state index is 10.3. The first kappa shape index (κ1) is 10.0. The summed E-state index contributed by atoms with van der Waals surface area (Å²) in [5.41, 5.74) is 0. The van der Waals surface area contributed by atoms with Crippen molar-refractivity contribution in [2.24, 2.45) is 11.8 Å². The van der Waals surface area contributed by atoms with Gasteiger partial charge in [-0.1, -0.05) is 13.8 Å². The lowest BCUT2D eigenvalue weighted by Crippen LogP contribution is -2.23. The van der Waals surface area contributed by atoms with E-state index in [0.29, 0.717) is 0 Å². The Labute approximate surface area is 75.6 Å². The topological polar surface area (TPSA) is 23.1 Å². The summed E-state index contributed by atoms with van der Waals surface area (Å²) in [5, 5.41) is 10.3. The standard InChI is InChI=1S/C10H20NO/c1-9(2)10-4-6-11(8-10)5-3-7-12/h9-10H,3-8H2,1-2H3. The van der Waals surface area contributed by atoms with Crippen molar-refractivity contribution in [2.75, 3.05) is 26.2 Å². The third-order valence-electron chi connectivity index (χ3n) is 2.87. The first-order chi connectivity index (χ1) is 5.74. The molecule has 2 nitrogen and oxygen atoms in total. The van der Waals surface area contributed by atoms with Crippen LogP contribution in [0.2, 0.25) is 0 Å². The van der Waals surface area contributed by atoms with E-state index in [9.17, 15) is 5.11 Å². The van der Waals surface area contributed by atoms with Crippen molar-refractivity contribution in [3.63, 3.8) is 0 Å². The molecule has 0 aliphatic carbocycles. The van der Waals surface area contributed by atoms with Crippen LogP contribution < -0.4 is 0 Å². The maximum atomic E-state index is 10.3. The number of hydrogen-bond donors (Lipinski definition) is 0. The molecule has 12 heavy (non-hydrogen) atoms. The molecule has 0 aromatic rings. The number of hydrogen-bond acceptors (Lipinski definition) is 1. The highest BCUT2D eigenvalue weighted by atomic mass is 16.3. The molecule has 1 atom stereocenters. The minimum absolute atomic E-state index is 0.0862. The Hall–Kier alpha value is -0.0800. The Bertz CT molecular complexity index is 125. The van der Waals surface area contributed by atoms with Crippen molar-refractivity contribution in [3.8, 4) is 0 Å². The minimum Gasteiger partial charge on any atom is -0.303 e. The predicted molar refractivity (Wildman–Crippen MR) is 49.6 cm³/mol. The van der Waals surface area contributed by atoms with Crippen LogP contribution in [0.25, 0.3) is 0 Å². The molecule has 1 aliphatic rings. The quantitative estimate of drug-likeness (QED) is 0.631. The molecule has 1 unspecified atom stereocenters. The Kier molecular flexibility index (Phi) is 4.02. The SMILES string of the molecule is CC(C)C1CCN(CCC[O])C1. The van der Waals surface area contributed by atoms with Crippen LogP contribution in [0.3, 0.4) is 0 Å². The summed E-state index contributed by atoms with van der Waals surface area (Å²) in [6.45, 7) is 8.12. The van der Waals surface area contributed by atoms with Crippen molar-refractivity contribution in [3.05, 3.63) is 0 Å². The molecule has 1 aliphatic heterocycles. The predicted octanol–water partition coefficient (Wildman–Crippen LogP) is 1.78. The van der Waals surface area contributed by atoms with E-state index < -0.39 is 0 Å². The van der Waals surface area contributed by atoms with Gasteiger partial charge >= 0.3 is 0 Å². The van der Waals surface area contributed by atoms with Gasteiger partial charge in [0.1, 0.15) is 0 Å². The molecule has 0 bridgehead atoms. The van der Waals surface area contributed by atoms with Gasteiger partial charge in [0.15, 0.2) is 0 Å². The summed E-state index contributed by atoms with van der Waals surface area (Å²) in [7, 11) is 0. The minimum atomic E-state index is 0.0862. The summed E-state index contributed by atoms with van der Waals surface area (Å²) in [6.07, 6.45) is 2.15. The number of likely N-dealkylation sites (tertiary alicyclic amines) is 1. The fourth-order valence-electron chi connectivity index (χ4n) is 1.90. The zero-order valence-corrected chi connectivity index (χ0v) is 8.25. The molecule has 0 aromatic heterocycles. The van der Waals surface area contributed by atoms with E-state index in [0.717, 1.165) is 24.8 Å². The molecule has 0 saturated carbocycles. The van der Waals surface area contributed by atoms with Gasteiger partial charge < -0.3 is 4.90 Å². The average molecular weight is 170 g/mol. The molecule has 1 fully saturated rings. The van der Waals surface area contributed by atoms with Crippen LogP contribution in [-0.4, -0.2) is 31.1 Å². The Balaban J connectivity index is 2.17. The summed E-state index contributed by atoms with van der Waals surface area (Å²) < 4.78 is 0. The third-order valence-corrected chi connectivity index (χ3v) is 2.87. The molecule has 0 amide bonds. The van der Waals surface area contributed by atoms with E-state index in [-0.39, 0.29) is 6.61 Å². The Morgan fingerprint density at radius 1 is 1.50 bits per heavy atom. The summed E-state index contributed by atoms with van der Waals surface area (Å²) in [6, 6.07) is 0. The normalized spacial score (nSPS) is 25.5. The van der Waals surface area contributed by atoms with E-state index in [1.165, 1.54) is 19.5 Å². The van der Waals surface area contributed by atoms with Crippen LogP contribution in [0.15, 0.2) is 0 Å². The first-order valence-corrected chi connectivity index (χ1v) is 5.04. The van der Waals surface area contributed by atoms with Crippen molar-refractivity contribution < 1.29 is 5.11 Å². The Morgan fingerprint density at radius 3 is 2.75 bits per heavy atom. The fraction of sp³-hybridized carbons (Fsp3) is 1.00. The largest absolute Gasteiger partial charge is 0.303 e. The molecule has 0 aromatic carbocycles. The van der Waals surface area contributed by atoms with Crippen molar-refractivity contribution in [1.29, 1.82) is 0 Å². The van der Waals surface area contributed by atoms with E-state index in [1.807, 2.05) is 0 Å². The second kappa shape index (κ2) is 4.83. The van der Waals surface area contributed by atoms with Gasteiger partial charge in [-0.2, -0.15) is 0 Å². The molecule has 1 rings (SSSR count). The molecular weight excluding hydrogens is 150 g/mol. The van der Waals surface area contributed by atoms with Gasteiger partial charge in [0.25, 0.3) is 0 Å².